The summed E-state index contributed by atoms with van der Waals surface area (Å²) in [6.45, 7) is 4.46. The fourth-order valence-corrected chi connectivity index (χ4v) is 2.11. The van der Waals surface area contributed by atoms with Crippen LogP contribution >= 0.6 is 0 Å². The standard InChI is InChI=1S/C8H18N2O4S.2H3N.H2O4S/c11-7-5-9-1-3-10(4-2-9)6-8-15(12,13)14;;;1-5(2,3)4/h11H,1-8H2,(H,12,13,14);2*1H3;(H2,1,2,3,4). The molecule has 1 rings (SSSR count). The third-order valence-corrected chi connectivity index (χ3v) is 3.25. The maximum atomic E-state index is 10.5. The van der Waals surface area contributed by atoms with Crippen molar-refractivity contribution in [2.24, 2.45) is 0 Å². The molecule has 1 saturated heterocycles. The number of piperazine rings is 1. The average molecular weight is 370 g/mol. The molecule has 138 valence electrons. The SMILES string of the molecule is N.N.O=S(=O)(O)CCN1CCN(CCO)CC1.O=S(=O)(O)O. The predicted molar refractivity (Wildman–Crippen MR) is 80.6 cm³/mol. The Morgan fingerprint density at radius 1 is 0.773 bits per heavy atom. The number of aliphatic hydroxyl groups is 1. The zero-order valence-electron chi connectivity index (χ0n) is 12.2. The molecule has 1 aliphatic heterocycles. The average Bonchev–Trinajstić information content (AvgIpc) is 2.25. The van der Waals surface area contributed by atoms with Gasteiger partial charge in [0.25, 0.3) is 10.1 Å². The Balaban J connectivity index is -0.000000452. The maximum Gasteiger partial charge on any atom is 0.394 e. The van der Waals surface area contributed by atoms with Gasteiger partial charge in [-0.1, -0.05) is 0 Å². The number of hydrogen-bond acceptors (Lipinski definition) is 9. The van der Waals surface area contributed by atoms with Gasteiger partial charge in [-0.05, 0) is 0 Å². The summed E-state index contributed by atoms with van der Waals surface area (Å²) < 4.78 is 61.2. The first kappa shape index (κ1) is 26.5. The highest BCUT2D eigenvalue weighted by atomic mass is 32.3. The monoisotopic (exact) mass is 370 g/mol. The van der Waals surface area contributed by atoms with Gasteiger partial charge in [0.05, 0.1) is 12.4 Å². The quantitative estimate of drug-likeness (QED) is 0.293. The highest BCUT2D eigenvalue weighted by molar-refractivity contribution is 7.85. The summed E-state index contributed by atoms with van der Waals surface area (Å²) in [6.07, 6.45) is 0. The van der Waals surface area contributed by atoms with Gasteiger partial charge in [-0.25, -0.2) is 0 Å². The van der Waals surface area contributed by atoms with E-state index in [1.54, 1.807) is 0 Å². The van der Waals surface area contributed by atoms with E-state index in [1.807, 2.05) is 4.90 Å². The first-order valence-electron chi connectivity index (χ1n) is 5.72. The van der Waals surface area contributed by atoms with Gasteiger partial charge in [0, 0.05) is 39.3 Å². The van der Waals surface area contributed by atoms with Crippen LogP contribution in [0.5, 0.6) is 0 Å². The lowest BCUT2D eigenvalue weighted by Gasteiger charge is -2.33. The Hall–Kier alpha value is -0.420. The molecule has 0 unspecified atom stereocenters. The van der Waals surface area contributed by atoms with Gasteiger partial charge < -0.3 is 17.4 Å². The summed E-state index contributed by atoms with van der Waals surface area (Å²) in [6, 6.07) is 0. The fourth-order valence-electron chi connectivity index (χ4n) is 1.62. The van der Waals surface area contributed by atoms with Gasteiger partial charge in [-0.2, -0.15) is 16.8 Å². The molecule has 0 aromatic heterocycles. The van der Waals surface area contributed by atoms with Crippen molar-refractivity contribution in [1.82, 2.24) is 22.1 Å². The van der Waals surface area contributed by atoms with Gasteiger partial charge in [0.1, 0.15) is 0 Å². The first-order chi connectivity index (χ1) is 9.01. The summed E-state index contributed by atoms with van der Waals surface area (Å²) in [4.78, 5) is 4.13. The molecule has 1 fully saturated rings. The zero-order chi connectivity index (χ0) is 15.8. The Kier molecular flexibility index (Phi) is 14.5. The fraction of sp³-hybridized carbons (Fsp3) is 1.00. The molecule has 0 aliphatic carbocycles. The molecule has 0 radical (unpaired) electrons. The molecule has 10 N–H and O–H groups in total. The number of β-amino-alcohol motifs (C(OH)–C–C–N with tert-alkyl or cyclic N) is 1. The van der Waals surface area contributed by atoms with Crippen molar-refractivity contribution in [3.8, 4) is 0 Å². The van der Waals surface area contributed by atoms with Crippen LogP contribution in [0.15, 0.2) is 0 Å². The van der Waals surface area contributed by atoms with E-state index < -0.39 is 20.5 Å². The maximum absolute atomic E-state index is 10.5. The van der Waals surface area contributed by atoms with Gasteiger partial charge in [-0.3, -0.25) is 23.5 Å². The molecule has 0 aromatic carbocycles. The normalized spacial score (nSPS) is 16.7. The summed E-state index contributed by atoms with van der Waals surface area (Å²) in [5.74, 6) is -0.201. The van der Waals surface area contributed by atoms with Crippen LogP contribution in [-0.2, 0) is 20.5 Å². The van der Waals surface area contributed by atoms with Crippen LogP contribution in [0, 0.1) is 0 Å². The van der Waals surface area contributed by atoms with Crippen molar-refractivity contribution in [2.45, 2.75) is 0 Å². The van der Waals surface area contributed by atoms with Crippen molar-refractivity contribution >= 4 is 20.5 Å². The van der Waals surface area contributed by atoms with Crippen LogP contribution in [-0.4, -0.2) is 97.0 Å². The molecule has 12 nitrogen and oxygen atoms in total. The predicted octanol–water partition coefficient (Wildman–Crippen LogP) is -1.84. The van der Waals surface area contributed by atoms with E-state index in [4.69, 9.17) is 27.2 Å². The van der Waals surface area contributed by atoms with Crippen LogP contribution < -0.4 is 12.3 Å². The molecule has 22 heavy (non-hydrogen) atoms. The zero-order valence-corrected chi connectivity index (χ0v) is 13.8. The molecule has 0 spiro atoms. The van der Waals surface area contributed by atoms with E-state index >= 15 is 0 Å². The van der Waals surface area contributed by atoms with Crippen molar-refractivity contribution in [2.75, 3.05) is 51.6 Å². The molecule has 1 aliphatic rings. The number of aliphatic hydroxyl groups excluding tert-OH is 1. The van der Waals surface area contributed by atoms with Gasteiger partial charge in [-0.15, -0.1) is 0 Å². The molecule has 0 amide bonds. The van der Waals surface area contributed by atoms with E-state index in [9.17, 15) is 8.42 Å². The lowest BCUT2D eigenvalue weighted by atomic mass is 10.3. The van der Waals surface area contributed by atoms with Crippen LogP contribution in [0.1, 0.15) is 0 Å². The lowest BCUT2D eigenvalue weighted by molar-refractivity contribution is 0.116. The minimum atomic E-state index is -4.67. The highest BCUT2D eigenvalue weighted by Gasteiger charge is 2.17. The third-order valence-electron chi connectivity index (χ3n) is 2.55. The summed E-state index contributed by atoms with van der Waals surface area (Å²) in [7, 11) is -8.51. The number of nitrogens with zero attached hydrogens (tertiary/aromatic N) is 2. The molecular weight excluding hydrogens is 344 g/mol. The van der Waals surface area contributed by atoms with E-state index in [1.165, 1.54) is 0 Å². The van der Waals surface area contributed by atoms with E-state index in [2.05, 4.69) is 4.90 Å². The molecule has 0 bridgehead atoms. The topological polar surface area (TPSA) is 226 Å². The summed E-state index contributed by atoms with van der Waals surface area (Å²) >= 11 is 0. The first-order valence-corrected chi connectivity index (χ1v) is 8.72. The smallest absolute Gasteiger partial charge is 0.394 e. The third kappa shape index (κ3) is 19.6. The van der Waals surface area contributed by atoms with Crippen molar-refractivity contribution in [3.63, 3.8) is 0 Å². The molecule has 1 heterocycles. The van der Waals surface area contributed by atoms with Crippen LogP contribution in [0.4, 0.5) is 0 Å². The van der Waals surface area contributed by atoms with Crippen LogP contribution in [0.2, 0.25) is 0 Å². The second-order valence-electron chi connectivity index (χ2n) is 4.14. The molecule has 0 aromatic rings. The molecule has 0 saturated carbocycles. The van der Waals surface area contributed by atoms with E-state index in [0.29, 0.717) is 13.1 Å². The van der Waals surface area contributed by atoms with E-state index in [-0.39, 0.29) is 24.7 Å². The molecule has 14 heteroatoms. The molecular formula is C8H26N4O8S2. The van der Waals surface area contributed by atoms with Gasteiger partial charge in [0.15, 0.2) is 0 Å². The van der Waals surface area contributed by atoms with Crippen LogP contribution in [0.3, 0.4) is 0 Å². The lowest BCUT2D eigenvalue weighted by Crippen LogP contribution is -2.48. The Morgan fingerprint density at radius 3 is 1.36 bits per heavy atom. The highest BCUT2D eigenvalue weighted by Crippen LogP contribution is 2.01. The second-order valence-corrected chi connectivity index (χ2v) is 6.61. The van der Waals surface area contributed by atoms with Crippen molar-refractivity contribution in [1.29, 1.82) is 0 Å². The van der Waals surface area contributed by atoms with Crippen molar-refractivity contribution in [3.05, 3.63) is 0 Å². The minimum Gasteiger partial charge on any atom is -0.395 e. The summed E-state index contributed by atoms with van der Waals surface area (Å²) in [5, 5.41) is 8.73. The summed E-state index contributed by atoms with van der Waals surface area (Å²) in [5.41, 5.74) is 0. The number of rotatable bonds is 5. The number of hydrogen-bond donors (Lipinski definition) is 6. The van der Waals surface area contributed by atoms with E-state index in [0.717, 1.165) is 26.2 Å². The van der Waals surface area contributed by atoms with Gasteiger partial charge in [0.2, 0.25) is 0 Å². The molecule has 0 atom stereocenters. The minimum absolute atomic E-state index is 0. The Labute approximate surface area is 130 Å². The Bertz CT molecular complexity index is 453. The Morgan fingerprint density at radius 2 is 1.09 bits per heavy atom. The van der Waals surface area contributed by atoms with Crippen molar-refractivity contribution < 1.29 is 35.6 Å². The van der Waals surface area contributed by atoms with Crippen LogP contribution in [0.25, 0.3) is 0 Å². The van der Waals surface area contributed by atoms with Gasteiger partial charge >= 0.3 is 10.4 Å². The second kappa shape index (κ2) is 12.1. The largest absolute Gasteiger partial charge is 0.395 e.